The fourth-order valence-electron chi connectivity index (χ4n) is 3.99. The number of nitrogens with one attached hydrogen (secondary N) is 1. The van der Waals surface area contributed by atoms with E-state index in [9.17, 15) is 14.4 Å². The predicted octanol–water partition coefficient (Wildman–Crippen LogP) is 2.38. The van der Waals surface area contributed by atoms with Crippen molar-refractivity contribution in [2.24, 2.45) is 5.92 Å². The van der Waals surface area contributed by atoms with E-state index in [1.54, 1.807) is 24.3 Å². The van der Waals surface area contributed by atoms with Crippen LogP contribution in [0, 0.1) is 5.92 Å². The zero-order valence-corrected chi connectivity index (χ0v) is 14.6. The highest BCUT2D eigenvalue weighted by Crippen LogP contribution is 2.55. The summed E-state index contributed by atoms with van der Waals surface area (Å²) < 4.78 is 0. The van der Waals surface area contributed by atoms with Crippen molar-refractivity contribution in [3.05, 3.63) is 71.3 Å². The van der Waals surface area contributed by atoms with Crippen LogP contribution in [0.3, 0.4) is 0 Å². The SMILES string of the molecule is CCNC(=O)[C@@]1(c2ccccc2)C[C@H]1CN1C(=O)c2ccccc2C1=O. The lowest BCUT2D eigenvalue weighted by Crippen LogP contribution is -2.39. The summed E-state index contributed by atoms with van der Waals surface area (Å²) in [6.07, 6.45) is 0.635. The van der Waals surface area contributed by atoms with Gasteiger partial charge in [-0.3, -0.25) is 19.3 Å². The van der Waals surface area contributed by atoms with E-state index in [0.29, 0.717) is 24.1 Å². The molecule has 1 saturated carbocycles. The van der Waals surface area contributed by atoms with Crippen molar-refractivity contribution < 1.29 is 14.4 Å². The second-order valence-corrected chi connectivity index (χ2v) is 6.86. The van der Waals surface area contributed by atoms with E-state index in [1.807, 2.05) is 37.3 Å². The van der Waals surface area contributed by atoms with Crippen molar-refractivity contribution in [1.29, 1.82) is 0 Å². The van der Waals surface area contributed by atoms with Crippen molar-refractivity contribution in [2.75, 3.05) is 13.1 Å². The van der Waals surface area contributed by atoms with Crippen molar-refractivity contribution in [1.82, 2.24) is 10.2 Å². The molecule has 3 amide bonds. The lowest BCUT2D eigenvalue weighted by molar-refractivity contribution is -0.123. The minimum atomic E-state index is -0.660. The lowest BCUT2D eigenvalue weighted by atomic mass is 9.92. The van der Waals surface area contributed by atoms with Crippen LogP contribution in [0.5, 0.6) is 0 Å². The van der Waals surface area contributed by atoms with Gasteiger partial charge in [-0.25, -0.2) is 0 Å². The first kappa shape index (κ1) is 16.5. The van der Waals surface area contributed by atoms with Crippen molar-refractivity contribution in [3.63, 3.8) is 0 Å². The van der Waals surface area contributed by atoms with Gasteiger partial charge in [-0.15, -0.1) is 0 Å². The van der Waals surface area contributed by atoms with E-state index in [2.05, 4.69) is 5.32 Å². The molecule has 2 atom stereocenters. The fraction of sp³-hybridized carbons (Fsp3) is 0.286. The first-order chi connectivity index (χ1) is 12.6. The molecule has 1 aliphatic carbocycles. The Balaban J connectivity index is 1.61. The average molecular weight is 348 g/mol. The summed E-state index contributed by atoms with van der Waals surface area (Å²) in [6.45, 7) is 2.70. The van der Waals surface area contributed by atoms with E-state index in [0.717, 1.165) is 5.56 Å². The van der Waals surface area contributed by atoms with E-state index < -0.39 is 5.41 Å². The largest absolute Gasteiger partial charge is 0.356 e. The third kappa shape index (κ3) is 2.35. The molecule has 0 aromatic heterocycles. The Morgan fingerprint density at radius 3 is 2.19 bits per heavy atom. The van der Waals surface area contributed by atoms with Crippen LogP contribution in [0.1, 0.15) is 39.6 Å². The van der Waals surface area contributed by atoms with Crippen molar-refractivity contribution >= 4 is 17.7 Å². The summed E-state index contributed by atoms with van der Waals surface area (Å²) in [5, 5.41) is 2.91. The van der Waals surface area contributed by atoms with E-state index in [-0.39, 0.29) is 30.2 Å². The second kappa shape index (κ2) is 6.09. The molecule has 0 saturated heterocycles. The molecule has 4 rings (SSSR count). The number of carbonyl (C=O) groups is 3. The number of carbonyl (C=O) groups excluding carboxylic acids is 3. The molecule has 1 aliphatic heterocycles. The highest BCUT2D eigenvalue weighted by atomic mass is 16.2. The van der Waals surface area contributed by atoms with Gasteiger partial charge in [0.1, 0.15) is 0 Å². The Hall–Kier alpha value is -2.95. The monoisotopic (exact) mass is 348 g/mol. The number of fused-ring (bicyclic) bond motifs is 1. The van der Waals surface area contributed by atoms with Gasteiger partial charge in [0.15, 0.2) is 0 Å². The van der Waals surface area contributed by atoms with Crippen LogP contribution in [0.25, 0.3) is 0 Å². The molecule has 2 aliphatic rings. The summed E-state index contributed by atoms with van der Waals surface area (Å²) >= 11 is 0. The molecule has 5 heteroatoms. The van der Waals surface area contributed by atoms with Gasteiger partial charge >= 0.3 is 0 Å². The van der Waals surface area contributed by atoms with Crippen LogP contribution in [-0.4, -0.2) is 35.7 Å². The molecule has 1 N–H and O–H groups in total. The molecule has 2 aromatic rings. The van der Waals surface area contributed by atoms with Gasteiger partial charge in [-0.2, -0.15) is 0 Å². The Kier molecular flexibility index (Phi) is 3.87. The molecule has 1 heterocycles. The molecule has 0 bridgehead atoms. The van der Waals surface area contributed by atoms with Gasteiger partial charge in [0.05, 0.1) is 16.5 Å². The minimum absolute atomic E-state index is 0.0344. The standard InChI is InChI=1S/C21H20N2O3/c1-2-22-20(26)21(14-8-4-3-5-9-14)12-15(21)13-23-18(24)16-10-6-7-11-17(16)19(23)25/h3-11,15H,2,12-13H2,1H3,(H,22,26)/t15-,21+/m0/s1. The third-order valence-electron chi connectivity index (χ3n) is 5.42. The first-order valence-electron chi connectivity index (χ1n) is 8.88. The number of hydrogen-bond donors (Lipinski definition) is 1. The topological polar surface area (TPSA) is 66.5 Å². The number of amides is 3. The molecule has 0 spiro atoms. The quantitative estimate of drug-likeness (QED) is 0.844. The van der Waals surface area contributed by atoms with Crippen LogP contribution in [0.4, 0.5) is 0 Å². The van der Waals surface area contributed by atoms with E-state index >= 15 is 0 Å². The van der Waals surface area contributed by atoms with E-state index in [4.69, 9.17) is 0 Å². The number of imide groups is 1. The summed E-state index contributed by atoms with van der Waals surface area (Å²) in [5.41, 5.74) is 1.17. The number of likely N-dealkylation sites (N-methyl/N-ethyl adjacent to an activating group) is 1. The molecule has 26 heavy (non-hydrogen) atoms. The normalized spacial score (nSPS) is 23.7. The van der Waals surface area contributed by atoms with Gasteiger partial charge in [0, 0.05) is 13.1 Å². The van der Waals surface area contributed by atoms with Crippen LogP contribution < -0.4 is 5.32 Å². The smallest absolute Gasteiger partial charge is 0.261 e. The molecule has 2 aromatic carbocycles. The third-order valence-corrected chi connectivity index (χ3v) is 5.42. The molecular formula is C21H20N2O3. The molecule has 0 unspecified atom stereocenters. The number of hydrogen-bond acceptors (Lipinski definition) is 3. The molecule has 0 radical (unpaired) electrons. The lowest BCUT2D eigenvalue weighted by Gasteiger charge is -2.20. The Morgan fingerprint density at radius 2 is 1.62 bits per heavy atom. The maximum atomic E-state index is 12.8. The number of nitrogens with zero attached hydrogens (tertiary/aromatic N) is 1. The zero-order valence-electron chi connectivity index (χ0n) is 14.6. The Labute approximate surface area is 152 Å². The maximum Gasteiger partial charge on any atom is 0.261 e. The molecule has 5 nitrogen and oxygen atoms in total. The van der Waals surface area contributed by atoms with Gasteiger partial charge < -0.3 is 5.32 Å². The highest BCUT2D eigenvalue weighted by Gasteiger charge is 2.62. The maximum absolute atomic E-state index is 12.8. The average Bonchev–Trinajstić information content (AvgIpc) is 3.36. The fourth-order valence-corrected chi connectivity index (χ4v) is 3.99. The van der Waals surface area contributed by atoms with Gasteiger partial charge in [0.2, 0.25) is 5.91 Å². The van der Waals surface area contributed by atoms with Crippen molar-refractivity contribution in [3.8, 4) is 0 Å². The van der Waals surface area contributed by atoms with Crippen LogP contribution in [0.2, 0.25) is 0 Å². The number of rotatable bonds is 5. The molecule has 1 fully saturated rings. The minimum Gasteiger partial charge on any atom is -0.356 e. The predicted molar refractivity (Wildman–Crippen MR) is 96.7 cm³/mol. The Bertz CT molecular complexity index is 858. The summed E-state index contributed by atoms with van der Waals surface area (Å²) in [4.78, 5) is 39.3. The highest BCUT2D eigenvalue weighted by molar-refractivity contribution is 6.21. The Morgan fingerprint density at radius 1 is 1.04 bits per heavy atom. The molecule has 132 valence electrons. The number of benzene rings is 2. The van der Waals surface area contributed by atoms with Crippen LogP contribution in [-0.2, 0) is 10.2 Å². The zero-order chi connectivity index (χ0) is 18.3. The van der Waals surface area contributed by atoms with Gasteiger partial charge in [-0.05, 0) is 37.0 Å². The summed E-state index contributed by atoms with van der Waals surface area (Å²) in [7, 11) is 0. The second-order valence-electron chi connectivity index (χ2n) is 6.86. The summed E-state index contributed by atoms with van der Waals surface area (Å²) in [6, 6.07) is 16.5. The first-order valence-corrected chi connectivity index (χ1v) is 8.88. The van der Waals surface area contributed by atoms with Crippen LogP contribution >= 0.6 is 0 Å². The van der Waals surface area contributed by atoms with Gasteiger partial charge in [0.25, 0.3) is 11.8 Å². The molecular weight excluding hydrogens is 328 g/mol. The van der Waals surface area contributed by atoms with Gasteiger partial charge in [-0.1, -0.05) is 42.5 Å². The summed E-state index contributed by atoms with van der Waals surface area (Å²) in [5.74, 6) is -0.641. The van der Waals surface area contributed by atoms with Crippen LogP contribution in [0.15, 0.2) is 54.6 Å². The van der Waals surface area contributed by atoms with E-state index in [1.165, 1.54) is 4.90 Å². The van der Waals surface area contributed by atoms with Crippen molar-refractivity contribution in [2.45, 2.75) is 18.8 Å².